The minimum absolute atomic E-state index is 0.940. The highest BCUT2D eigenvalue weighted by molar-refractivity contribution is 5.21. The highest BCUT2D eigenvalue weighted by Crippen LogP contribution is 2.20. The molecule has 0 bridgehead atoms. The van der Waals surface area contributed by atoms with E-state index in [0.717, 1.165) is 12.5 Å². The van der Waals surface area contributed by atoms with Gasteiger partial charge in [0.2, 0.25) is 0 Å². The first-order valence-corrected chi connectivity index (χ1v) is 6.06. The topological polar surface area (TPSA) is 3.24 Å². The Morgan fingerprint density at radius 3 is 2.60 bits per heavy atom. The molecule has 0 saturated carbocycles. The Bertz CT molecular complexity index is 302. The Balaban J connectivity index is 1.90. The Labute approximate surface area is 93.1 Å². The summed E-state index contributed by atoms with van der Waals surface area (Å²) < 4.78 is 0. The molecule has 0 unspecified atom stereocenters. The molecular weight excluding hydrogens is 182 g/mol. The van der Waals surface area contributed by atoms with Gasteiger partial charge in [-0.1, -0.05) is 43.2 Å². The summed E-state index contributed by atoms with van der Waals surface area (Å²) in [5.41, 5.74) is 2.81. The van der Waals surface area contributed by atoms with Gasteiger partial charge in [-0.3, -0.25) is 4.90 Å². The van der Waals surface area contributed by atoms with E-state index in [1.54, 1.807) is 0 Å². The molecule has 1 aromatic carbocycles. The first-order valence-electron chi connectivity index (χ1n) is 6.06. The fraction of sp³-hybridized carbons (Fsp3) is 0.571. The number of likely N-dealkylation sites (tertiary alicyclic amines) is 1. The van der Waals surface area contributed by atoms with E-state index in [4.69, 9.17) is 0 Å². The second-order valence-corrected chi connectivity index (χ2v) is 4.78. The number of benzene rings is 1. The van der Waals surface area contributed by atoms with Crippen molar-refractivity contribution in [1.82, 2.24) is 4.90 Å². The zero-order chi connectivity index (χ0) is 10.7. The number of aryl methyl sites for hydroxylation is 1. The van der Waals surface area contributed by atoms with Crippen LogP contribution in [0.25, 0.3) is 0 Å². The predicted molar refractivity (Wildman–Crippen MR) is 64.9 cm³/mol. The third-order valence-electron chi connectivity index (χ3n) is 3.47. The summed E-state index contributed by atoms with van der Waals surface area (Å²) in [7, 11) is 0. The molecule has 82 valence electrons. The van der Waals surface area contributed by atoms with Gasteiger partial charge in [-0.2, -0.15) is 0 Å². The molecule has 0 aromatic heterocycles. The Morgan fingerprint density at radius 2 is 2.00 bits per heavy atom. The summed E-state index contributed by atoms with van der Waals surface area (Å²) in [5, 5.41) is 0. The van der Waals surface area contributed by atoms with Gasteiger partial charge in [0.25, 0.3) is 0 Å². The first kappa shape index (κ1) is 10.7. The molecule has 0 amide bonds. The molecular formula is C14H21N. The summed E-state index contributed by atoms with van der Waals surface area (Å²) >= 11 is 0. The SMILES string of the molecule is CC[C@@H]1CCN(Cc2ccc(C)cc2)C1. The molecule has 1 aliphatic heterocycles. The van der Waals surface area contributed by atoms with Gasteiger partial charge in [0.05, 0.1) is 0 Å². The number of nitrogens with zero attached hydrogens (tertiary/aromatic N) is 1. The van der Waals surface area contributed by atoms with Crippen LogP contribution in [0.5, 0.6) is 0 Å². The molecule has 0 N–H and O–H groups in total. The van der Waals surface area contributed by atoms with E-state index in [2.05, 4.69) is 43.0 Å². The third kappa shape index (κ3) is 2.82. The van der Waals surface area contributed by atoms with Crippen molar-refractivity contribution in [3.05, 3.63) is 35.4 Å². The summed E-state index contributed by atoms with van der Waals surface area (Å²) in [6.45, 7) is 8.17. The van der Waals surface area contributed by atoms with E-state index in [1.807, 2.05) is 0 Å². The fourth-order valence-electron chi connectivity index (χ4n) is 2.34. The molecule has 0 aliphatic carbocycles. The molecule has 1 heterocycles. The van der Waals surface area contributed by atoms with Gasteiger partial charge in [-0.15, -0.1) is 0 Å². The summed E-state index contributed by atoms with van der Waals surface area (Å²) in [6.07, 6.45) is 2.73. The zero-order valence-corrected chi connectivity index (χ0v) is 9.87. The number of rotatable bonds is 3. The minimum Gasteiger partial charge on any atom is -0.299 e. The largest absolute Gasteiger partial charge is 0.299 e. The van der Waals surface area contributed by atoms with Crippen LogP contribution < -0.4 is 0 Å². The fourth-order valence-corrected chi connectivity index (χ4v) is 2.34. The minimum atomic E-state index is 0.940. The molecule has 2 rings (SSSR count). The number of hydrogen-bond donors (Lipinski definition) is 0. The van der Waals surface area contributed by atoms with Crippen LogP contribution in [-0.2, 0) is 6.54 Å². The number of hydrogen-bond acceptors (Lipinski definition) is 1. The monoisotopic (exact) mass is 203 g/mol. The molecule has 1 atom stereocenters. The quantitative estimate of drug-likeness (QED) is 0.729. The summed E-state index contributed by atoms with van der Waals surface area (Å²) in [5.74, 6) is 0.940. The lowest BCUT2D eigenvalue weighted by molar-refractivity contribution is 0.315. The Hall–Kier alpha value is -0.820. The van der Waals surface area contributed by atoms with Gasteiger partial charge in [-0.05, 0) is 31.4 Å². The van der Waals surface area contributed by atoms with E-state index in [9.17, 15) is 0 Å². The lowest BCUT2D eigenvalue weighted by Crippen LogP contribution is -2.19. The standard InChI is InChI=1S/C14H21N/c1-3-13-8-9-15(10-13)11-14-6-4-12(2)5-7-14/h4-7,13H,3,8-11H2,1-2H3/t13-/m1/s1. The van der Waals surface area contributed by atoms with Crippen molar-refractivity contribution in [2.24, 2.45) is 5.92 Å². The molecule has 1 aromatic rings. The second-order valence-electron chi connectivity index (χ2n) is 4.78. The van der Waals surface area contributed by atoms with Crippen LogP contribution in [0.3, 0.4) is 0 Å². The van der Waals surface area contributed by atoms with Gasteiger partial charge < -0.3 is 0 Å². The lowest BCUT2D eigenvalue weighted by Gasteiger charge is -2.15. The van der Waals surface area contributed by atoms with Crippen molar-refractivity contribution < 1.29 is 0 Å². The molecule has 1 aliphatic rings. The van der Waals surface area contributed by atoms with Crippen LogP contribution in [0, 0.1) is 12.8 Å². The maximum absolute atomic E-state index is 2.58. The van der Waals surface area contributed by atoms with Crippen LogP contribution >= 0.6 is 0 Å². The Kier molecular flexibility index (Phi) is 3.42. The van der Waals surface area contributed by atoms with E-state index in [0.29, 0.717) is 0 Å². The van der Waals surface area contributed by atoms with Crippen molar-refractivity contribution in [1.29, 1.82) is 0 Å². The van der Waals surface area contributed by atoms with Crippen LogP contribution in [0.2, 0.25) is 0 Å². The molecule has 15 heavy (non-hydrogen) atoms. The molecule has 0 radical (unpaired) electrons. The highest BCUT2D eigenvalue weighted by atomic mass is 15.1. The predicted octanol–water partition coefficient (Wildman–Crippen LogP) is 3.23. The average Bonchev–Trinajstić information content (AvgIpc) is 2.69. The first-order chi connectivity index (χ1) is 7.28. The van der Waals surface area contributed by atoms with Gasteiger partial charge >= 0.3 is 0 Å². The van der Waals surface area contributed by atoms with Crippen LogP contribution in [-0.4, -0.2) is 18.0 Å². The van der Waals surface area contributed by atoms with Gasteiger partial charge in [0, 0.05) is 13.1 Å². The van der Waals surface area contributed by atoms with Gasteiger partial charge in [0.1, 0.15) is 0 Å². The van der Waals surface area contributed by atoms with E-state index >= 15 is 0 Å². The Morgan fingerprint density at radius 1 is 1.27 bits per heavy atom. The molecule has 0 spiro atoms. The van der Waals surface area contributed by atoms with Crippen molar-refractivity contribution in [3.8, 4) is 0 Å². The van der Waals surface area contributed by atoms with Crippen LogP contribution in [0.4, 0.5) is 0 Å². The highest BCUT2D eigenvalue weighted by Gasteiger charge is 2.20. The van der Waals surface area contributed by atoms with Crippen molar-refractivity contribution in [2.75, 3.05) is 13.1 Å². The lowest BCUT2D eigenvalue weighted by atomic mass is 10.1. The van der Waals surface area contributed by atoms with Crippen molar-refractivity contribution >= 4 is 0 Å². The smallest absolute Gasteiger partial charge is 0.0233 e. The average molecular weight is 203 g/mol. The van der Waals surface area contributed by atoms with E-state index in [1.165, 1.54) is 37.1 Å². The second kappa shape index (κ2) is 4.80. The normalized spacial score (nSPS) is 22.1. The molecule has 1 fully saturated rings. The van der Waals surface area contributed by atoms with Crippen LogP contribution in [0.1, 0.15) is 30.9 Å². The molecule has 1 saturated heterocycles. The zero-order valence-electron chi connectivity index (χ0n) is 9.87. The van der Waals surface area contributed by atoms with Crippen LogP contribution in [0.15, 0.2) is 24.3 Å². The van der Waals surface area contributed by atoms with Crippen molar-refractivity contribution in [3.63, 3.8) is 0 Å². The maximum atomic E-state index is 2.58. The molecule has 1 nitrogen and oxygen atoms in total. The van der Waals surface area contributed by atoms with Crippen molar-refractivity contribution in [2.45, 2.75) is 33.2 Å². The van der Waals surface area contributed by atoms with Gasteiger partial charge in [-0.25, -0.2) is 0 Å². The van der Waals surface area contributed by atoms with Gasteiger partial charge in [0.15, 0.2) is 0 Å². The maximum Gasteiger partial charge on any atom is 0.0233 e. The third-order valence-corrected chi connectivity index (χ3v) is 3.47. The van der Waals surface area contributed by atoms with E-state index in [-0.39, 0.29) is 0 Å². The molecule has 1 heteroatoms. The summed E-state index contributed by atoms with van der Waals surface area (Å²) in [4.78, 5) is 2.58. The summed E-state index contributed by atoms with van der Waals surface area (Å²) in [6, 6.07) is 8.94. The van der Waals surface area contributed by atoms with E-state index < -0.39 is 0 Å².